The zero-order valence-electron chi connectivity index (χ0n) is 13.2. The smallest absolute Gasteiger partial charge is 0.234 e. The minimum atomic E-state index is -0.745. The zero-order chi connectivity index (χ0) is 16.7. The molecule has 1 aromatic heterocycles. The molecule has 0 saturated carbocycles. The molecule has 2 saturated heterocycles. The molecule has 1 aromatic rings. The number of nitrogens with zero attached hydrogens (tertiary/aromatic N) is 3. The number of aliphatic hydroxyl groups excluding tert-OH is 1. The molecule has 0 atom stereocenters. The van der Waals surface area contributed by atoms with E-state index in [2.05, 4.69) is 9.97 Å². The molecule has 5 N–H and O–H groups in total. The van der Waals surface area contributed by atoms with Crippen LogP contribution in [0.4, 0.5) is 17.6 Å². The van der Waals surface area contributed by atoms with Crippen molar-refractivity contribution in [2.45, 2.75) is 25.6 Å². The van der Waals surface area contributed by atoms with Crippen molar-refractivity contribution < 1.29 is 14.6 Å². The van der Waals surface area contributed by atoms with E-state index in [9.17, 15) is 10.3 Å². The summed E-state index contributed by atoms with van der Waals surface area (Å²) in [6.45, 7) is 3.25. The molecular weight excluding hydrogens is 302 g/mol. The number of aliphatic hydroxyl groups is 1. The largest absolute Gasteiger partial charge is 0.626 e. The highest BCUT2D eigenvalue weighted by Crippen LogP contribution is 2.39. The maximum Gasteiger partial charge on any atom is 0.234 e. The summed E-state index contributed by atoms with van der Waals surface area (Å²) in [6, 6.07) is 1.47. The first-order valence-electron chi connectivity index (χ1n) is 7.66. The van der Waals surface area contributed by atoms with Gasteiger partial charge in [0.05, 0.1) is 51.8 Å². The zero-order valence-corrected chi connectivity index (χ0v) is 13.2. The molecule has 2 aliphatic rings. The van der Waals surface area contributed by atoms with E-state index < -0.39 is 10.4 Å². The Morgan fingerprint density at radius 2 is 1.87 bits per heavy atom. The highest BCUT2D eigenvalue weighted by molar-refractivity contribution is 5.48. The summed E-state index contributed by atoms with van der Waals surface area (Å²) >= 11 is 0. The van der Waals surface area contributed by atoms with E-state index in [0.29, 0.717) is 26.1 Å². The summed E-state index contributed by atoms with van der Waals surface area (Å²) in [4.78, 5) is 7.82. The number of anilines is 2. The molecule has 2 fully saturated rings. The molecule has 0 bridgehead atoms. The van der Waals surface area contributed by atoms with Crippen LogP contribution < -0.4 is 16.1 Å². The molecule has 0 unspecified atom stereocenters. The monoisotopic (exact) mass is 325 g/mol. The molecule has 0 radical (unpaired) electrons. The summed E-state index contributed by atoms with van der Waals surface area (Å²) in [5.41, 5.74) is 10.8. The number of hydrogen-bond acceptors (Lipinski definition) is 8. The van der Waals surface area contributed by atoms with Gasteiger partial charge in [0, 0.05) is 5.41 Å². The molecule has 3 heterocycles. The number of nitrogens with two attached hydrogens (primary N) is 2. The number of piperidine rings is 1. The topological polar surface area (TPSA) is 140 Å². The van der Waals surface area contributed by atoms with Crippen LogP contribution in [-0.2, 0) is 9.47 Å². The van der Waals surface area contributed by atoms with Crippen molar-refractivity contribution in [3.8, 4) is 0 Å². The van der Waals surface area contributed by atoms with Crippen molar-refractivity contribution in [2.75, 3.05) is 44.4 Å². The standard InChI is InChI=1S/C14H23N5O4/c1-13(7-20)8-22-14(23-9-13)2-4-19(21,5-3-14)11-6-10(15)17-12(16)18-11/h6,20H,2-5,7-9H2,1H3,(H4,15,16,17,18). The normalized spacial score (nSPS) is 37.9. The van der Waals surface area contributed by atoms with Gasteiger partial charge in [0.2, 0.25) is 11.8 Å². The number of quaternary nitrogens is 1. The van der Waals surface area contributed by atoms with Crippen LogP contribution in [0, 0.1) is 10.6 Å². The van der Waals surface area contributed by atoms with Crippen LogP contribution in [0.15, 0.2) is 6.07 Å². The Bertz CT molecular complexity index is 558. The van der Waals surface area contributed by atoms with E-state index in [4.69, 9.17) is 20.9 Å². The van der Waals surface area contributed by atoms with E-state index in [0.717, 1.165) is 0 Å². The summed E-state index contributed by atoms with van der Waals surface area (Å²) in [5.74, 6) is -0.297. The quantitative estimate of drug-likeness (QED) is 0.509. The predicted molar refractivity (Wildman–Crippen MR) is 84.8 cm³/mol. The van der Waals surface area contributed by atoms with Gasteiger partial charge in [-0.25, -0.2) is 0 Å². The number of aromatic nitrogens is 2. The highest BCUT2D eigenvalue weighted by atomic mass is 16.7. The van der Waals surface area contributed by atoms with Crippen LogP contribution >= 0.6 is 0 Å². The number of rotatable bonds is 2. The molecule has 0 aliphatic carbocycles. The van der Waals surface area contributed by atoms with Crippen LogP contribution in [0.1, 0.15) is 19.8 Å². The Labute approximate surface area is 134 Å². The third-order valence-corrected chi connectivity index (χ3v) is 4.62. The first-order chi connectivity index (χ1) is 10.8. The van der Waals surface area contributed by atoms with E-state index in [-0.39, 0.29) is 42.7 Å². The van der Waals surface area contributed by atoms with Crippen LogP contribution in [0.2, 0.25) is 0 Å². The molecule has 23 heavy (non-hydrogen) atoms. The Kier molecular flexibility index (Phi) is 3.93. The Morgan fingerprint density at radius 1 is 1.26 bits per heavy atom. The minimum absolute atomic E-state index is 0.00230. The molecule has 9 nitrogen and oxygen atoms in total. The second kappa shape index (κ2) is 5.53. The van der Waals surface area contributed by atoms with Gasteiger partial charge < -0.3 is 35.9 Å². The molecule has 0 amide bonds. The van der Waals surface area contributed by atoms with Gasteiger partial charge in [0.15, 0.2) is 5.79 Å². The third-order valence-electron chi connectivity index (χ3n) is 4.62. The molecule has 2 aliphatic heterocycles. The second-order valence-corrected chi connectivity index (χ2v) is 6.80. The SMILES string of the molecule is CC1(CO)COC2(CC[N+]([O-])(c3cc(N)nc(N)n3)CC2)OC1. The van der Waals surface area contributed by atoms with Crippen molar-refractivity contribution in [2.24, 2.45) is 5.41 Å². The average molecular weight is 325 g/mol. The second-order valence-electron chi connectivity index (χ2n) is 6.80. The van der Waals surface area contributed by atoms with Gasteiger partial charge in [-0.2, -0.15) is 9.97 Å². The van der Waals surface area contributed by atoms with Gasteiger partial charge in [-0.05, 0) is 0 Å². The molecular formula is C14H23N5O4. The lowest BCUT2D eigenvalue weighted by Gasteiger charge is -2.52. The Morgan fingerprint density at radius 3 is 2.39 bits per heavy atom. The summed E-state index contributed by atoms with van der Waals surface area (Å²) in [6.07, 6.45) is 0.893. The molecule has 1 spiro atoms. The lowest BCUT2D eigenvalue weighted by Crippen LogP contribution is -2.60. The van der Waals surface area contributed by atoms with Crippen LogP contribution in [0.25, 0.3) is 0 Å². The van der Waals surface area contributed by atoms with Gasteiger partial charge in [0.25, 0.3) is 0 Å². The van der Waals surface area contributed by atoms with Crippen molar-refractivity contribution in [1.82, 2.24) is 14.6 Å². The third kappa shape index (κ3) is 3.10. The average Bonchev–Trinajstić information content (AvgIpc) is 2.53. The van der Waals surface area contributed by atoms with Crippen molar-refractivity contribution in [1.29, 1.82) is 0 Å². The number of nitrogen functional groups attached to an aromatic ring is 2. The Hall–Kier alpha value is -1.52. The van der Waals surface area contributed by atoms with Gasteiger partial charge in [0.1, 0.15) is 5.82 Å². The maximum absolute atomic E-state index is 13.0. The highest BCUT2D eigenvalue weighted by Gasteiger charge is 2.47. The summed E-state index contributed by atoms with van der Waals surface area (Å²) in [5, 5.41) is 22.4. The lowest BCUT2D eigenvalue weighted by atomic mass is 9.91. The number of hydroxylamine groups is 2. The first kappa shape index (κ1) is 16.3. The van der Waals surface area contributed by atoms with Gasteiger partial charge in [-0.3, -0.25) is 0 Å². The predicted octanol–water partition coefficient (Wildman–Crippen LogP) is -0.0184. The molecule has 128 valence electrons. The van der Waals surface area contributed by atoms with E-state index in [1.165, 1.54) is 6.07 Å². The number of hydrogen-bond donors (Lipinski definition) is 3. The van der Waals surface area contributed by atoms with Gasteiger partial charge >= 0.3 is 0 Å². The fraction of sp³-hybridized carbons (Fsp3) is 0.714. The molecule has 0 aromatic carbocycles. The van der Waals surface area contributed by atoms with E-state index >= 15 is 0 Å². The Balaban J connectivity index is 1.70. The van der Waals surface area contributed by atoms with E-state index in [1.807, 2.05) is 6.92 Å². The fourth-order valence-corrected chi connectivity index (χ4v) is 2.92. The van der Waals surface area contributed by atoms with Crippen molar-refractivity contribution in [3.05, 3.63) is 11.3 Å². The maximum atomic E-state index is 13.0. The number of ether oxygens (including phenoxy) is 2. The van der Waals surface area contributed by atoms with Gasteiger partial charge in [-0.1, -0.05) is 6.92 Å². The van der Waals surface area contributed by atoms with Crippen LogP contribution in [0.5, 0.6) is 0 Å². The van der Waals surface area contributed by atoms with Crippen LogP contribution in [-0.4, -0.2) is 53.8 Å². The van der Waals surface area contributed by atoms with E-state index in [1.54, 1.807) is 0 Å². The van der Waals surface area contributed by atoms with Crippen molar-refractivity contribution >= 4 is 17.6 Å². The van der Waals surface area contributed by atoms with Crippen LogP contribution in [0.3, 0.4) is 0 Å². The minimum Gasteiger partial charge on any atom is -0.626 e. The van der Waals surface area contributed by atoms with Gasteiger partial charge in [-0.15, -0.1) is 0 Å². The molecule has 3 rings (SSSR count). The van der Waals surface area contributed by atoms with Crippen molar-refractivity contribution in [3.63, 3.8) is 0 Å². The molecule has 9 heteroatoms. The lowest BCUT2D eigenvalue weighted by molar-refractivity contribution is -0.317. The summed E-state index contributed by atoms with van der Waals surface area (Å²) in [7, 11) is 0. The fourth-order valence-electron chi connectivity index (χ4n) is 2.92. The summed E-state index contributed by atoms with van der Waals surface area (Å²) < 4.78 is 11.1. The first-order valence-corrected chi connectivity index (χ1v) is 7.66.